The summed E-state index contributed by atoms with van der Waals surface area (Å²) in [6, 6.07) is 7.56. The molecule has 0 unspecified atom stereocenters. The maximum atomic E-state index is 12.0. The van der Waals surface area contributed by atoms with Gasteiger partial charge in [0, 0.05) is 39.1 Å². The van der Waals surface area contributed by atoms with Gasteiger partial charge in [-0.3, -0.25) is 9.59 Å². The van der Waals surface area contributed by atoms with Gasteiger partial charge in [0.2, 0.25) is 11.8 Å². The van der Waals surface area contributed by atoms with E-state index in [1.165, 1.54) is 0 Å². The van der Waals surface area contributed by atoms with Crippen LogP contribution in [0.4, 0.5) is 0 Å². The molecule has 1 aliphatic rings. The van der Waals surface area contributed by atoms with Gasteiger partial charge >= 0.3 is 0 Å². The first-order valence-electron chi connectivity index (χ1n) is 9.82. The lowest BCUT2D eigenvalue weighted by Gasteiger charge is -2.16. The summed E-state index contributed by atoms with van der Waals surface area (Å²) >= 11 is 0. The molecule has 162 valence electrons. The van der Waals surface area contributed by atoms with Crippen LogP contribution in [0, 0.1) is 0 Å². The molecule has 9 heteroatoms. The van der Waals surface area contributed by atoms with Crippen LogP contribution < -0.4 is 20.7 Å². The molecule has 29 heavy (non-hydrogen) atoms. The SMILES string of the molecule is CCNC(=NCC(=O)NCc1ccc(OC)cc1)NCCCN1CCCC1=O.I. The molecule has 2 rings (SSSR count). The third-order valence-electron chi connectivity index (χ3n) is 4.44. The van der Waals surface area contributed by atoms with Crippen LogP contribution in [-0.4, -0.2) is 62.5 Å². The minimum Gasteiger partial charge on any atom is -0.497 e. The Labute approximate surface area is 189 Å². The summed E-state index contributed by atoms with van der Waals surface area (Å²) in [6.07, 6.45) is 2.48. The molecule has 0 saturated carbocycles. The first-order valence-corrected chi connectivity index (χ1v) is 9.82. The van der Waals surface area contributed by atoms with Gasteiger partial charge < -0.3 is 25.6 Å². The van der Waals surface area contributed by atoms with E-state index in [4.69, 9.17) is 4.74 Å². The summed E-state index contributed by atoms with van der Waals surface area (Å²) in [6.45, 7) is 5.51. The molecular formula is C20H32IN5O3. The van der Waals surface area contributed by atoms with Crippen molar-refractivity contribution in [2.75, 3.05) is 39.8 Å². The summed E-state index contributed by atoms with van der Waals surface area (Å²) < 4.78 is 5.12. The van der Waals surface area contributed by atoms with Gasteiger partial charge in [-0.1, -0.05) is 12.1 Å². The second-order valence-corrected chi connectivity index (χ2v) is 6.58. The fourth-order valence-corrected chi connectivity index (χ4v) is 2.91. The number of hydrogen-bond acceptors (Lipinski definition) is 4. The number of amides is 2. The molecular weight excluding hydrogens is 485 g/mol. The lowest BCUT2D eigenvalue weighted by atomic mass is 10.2. The zero-order chi connectivity index (χ0) is 20.2. The number of guanidine groups is 1. The van der Waals surface area contributed by atoms with E-state index in [1.54, 1.807) is 7.11 Å². The van der Waals surface area contributed by atoms with Crippen LogP contribution in [0.25, 0.3) is 0 Å². The number of carbonyl (C=O) groups is 2. The van der Waals surface area contributed by atoms with Crippen molar-refractivity contribution in [3.63, 3.8) is 0 Å². The molecule has 0 aromatic heterocycles. The molecule has 0 radical (unpaired) electrons. The van der Waals surface area contributed by atoms with E-state index in [-0.39, 0.29) is 42.3 Å². The number of nitrogens with zero attached hydrogens (tertiary/aromatic N) is 2. The minimum atomic E-state index is -0.143. The van der Waals surface area contributed by atoms with Gasteiger partial charge in [0.05, 0.1) is 7.11 Å². The first kappa shape index (κ1) is 25.0. The fourth-order valence-electron chi connectivity index (χ4n) is 2.91. The molecule has 0 atom stereocenters. The van der Waals surface area contributed by atoms with E-state index in [1.807, 2.05) is 36.1 Å². The summed E-state index contributed by atoms with van der Waals surface area (Å²) in [7, 11) is 1.62. The Hall–Kier alpha value is -2.04. The van der Waals surface area contributed by atoms with Crippen LogP contribution in [0.15, 0.2) is 29.3 Å². The van der Waals surface area contributed by atoms with Crippen molar-refractivity contribution >= 4 is 41.8 Å². The number of rotatable bonds is 10. The second-order valence-electron chi connectivity index (χ2n) is 6.58. The van der Waals surface area contributed by atoms with Crippen LogP contribution in [0.5, 0.6) is 5.75 Å². The molecule has 1 saturated heterocycles. The molecule has 0 aliphatic carbocycles. The van der Waals surface area contributed by atoms with Crippen LogP contribution in [0.3, 0.4) is 0 Å². The zero-order valence-corrected chi connectivity index (χ0v) is 19.5. The smallest absolute Gasteiger partial charge is 0.242 e. The Kier molecular flexibility index (Phi) is 12.1. The van der Waals surface area contributed by atoms with Crippen LogP contribution in [-0.2, 0) is 16.1 Å². The van der Waals surface area contributed by atoms with Crippen LogP contribution in [0.2, 0.25) is 0 Å². The summed E-state index contributed by atoms with van der Waals surface area (Å²) in [5.41, 5.74) is 1.000. The highest BCUT2D eigenvalue weighted by Gasteiger charge is 2.18. The topological polar surface area (TPSA) is 95.1 Å². The molecule has 1 heterocycles. The number of benzene rings is 1. The van der Waals surface area contributed by atoms with E-state index in [0.29, 0.717) is 32.0 Å². The molecule has 1 aromatic carbocycles. The van der Waals surface area contributed by atoms with Crippen molar-refractivity contribution < 1.29 is 14.3 Å². The van der Waals surface area contributed by atoms with Crippen molar-refractivity contribution in [2.45, 2.75) is 32.7 Å². The third kappa shape index (κ3) is 9.33. The normalized spacial score (nSPS) is 13.7. The number of ether oxygens (including phenoxy) is 1. The number of halogens is 1. The Morgan fingerprint density at radius 1 is 1.21 bits per heavy atom. The third-order valence-corrected chi connectivity index (χ3v) is 4.44. The molecule has 1 fully saturated rings. The highest BCUT2D eigenvalue weighted by Crippen LogP contribution is 2.11. The molecule has 1 aromatic rings. The van der Waals surface area contributed by atoms with Crippen LogP contribution in [0.1, 0.15) is 31.7 Å². The Balaban J connectivity index is 0.00000420. The van der Waals surface area contributed by atoms with Crippen LogP contribution >= 0.6 is 24.0 Å². The molecule has 8 nitrogen and oxygen atoms in total. The minimum absolute atomic E-state index is 0. The number of aliphatic imine (C=N–C) groups is 1. The number of hydrogen-bond donors (Lipinski definition) is 3. The van der Waals surface area contributed by atoms with Crippen molar-refractivity contribution in [1.82, 2.24) is 20.9 Å². The van der Waals surface area contributed by atoms with Gasteiger partial charge in [-0.05, 0) is 37.5 Å². The standard InChI is InChI=1S/C20H31N5O3.HI/c1-3-21-20(22-11-5-13-25-12-4-6-19(25)27)24-15-18(26)23-14-16-7-9-17(28-2)10-8-16;/h7-10H,3-6,11-15H2,1-2H3,(H,23,26)(H2,21,22,24);1H. The van der Waals surface area contributed by atoms with Gasteiger partial charge in [0.15, 0.2) is 5.96 Å². The Morgan fingerprint density at radius 3 is 2.59 bits per heavy atom. The fraction of sp³-hybridized carbons (Fsp3) is 0.550. The first-order chi connectivity index (χ1) is 13.6. The van der Waals surface area contributed by atoms with Crippen molar-refractivity contribution in [3.8, 4) is 5.75 Å². The zero-order valence-electron chi connectivity index (χ0n) is 17.2. The van der Waals surface area contributed by atoms with E-state index in [9.17, 15) is 9.59 Å². The summed E-state index contributed by atoms with van der Waals surface area (Å²) in [5.74, 6) is 1.50. The summed E-state index contributed by atoms with van der Waals surface area (Å²) in [5, 5.41) is 9.19. The van der Waals surface area contributed by atoms with Crippen molar-refractivity contribution in [3.05, 3.63) is 29.8 Å². The number of nitrogens with one attached hydrogen (secondary N) is 3. The summed E-state index contributed by atoms with van der Waals surface area (Å²) in [4.78, 5) is 29.9. The molecule has 1 aliphatic heterocycles. The monoisotopic (exact) mass is 517 g/mol. The van der Waals surface area contributed by atoms with Gasteiger partial charge in [-0.2, -0.15) is 0 Å². The molecule has 2 amide bonds. The number of methoxy groups -OCH3 is 1. The lowest BCUT2D eigenvalue weighted by molar-refractivity contribution is -0.127. The van der Waals surface area contributed by atoms with Gasteiger partial charge in [-0.15, -0.1) is 24.0 Å². The van der Waals surface area contributed by atoms with E-state index >= 15 is 0 Å². The largest absolute Gasteiger partial charge is 0.497 e. The molecule has 0 bridgehead atoms. The van der Waals surface area contributed by atoms with Crippen molar-refractivity contribution in [2.24, 2.45) is 4.99 Å². The van der Waals surface area contributed by atoms with Crippen molar-refractivity contribution in [1.29, 1.82) is 0 Å². The predicted molar refractivity (Wildman–Crippen MR) is 125 cm³/mol. The Bertz CT molecular complexity index is 667. The highest BCUT2D eigenvalue weighted by molar-refractivity contribution is 14.0. The van der Waals surface area contributed by atoms with Gasteiger partial charge in [0.25, 0.3) is 0 Å². The van der Waals surface area contributed by atoms with Gasteiger partial charge in [0.1, 0.15) is 12.3 Å². The maximum absolute atomic E-state index is 12.0. The van der Waals surface area contributed by atoms with E-state index in [0.717, 1.165) is 37.2 Å². The quantitative estimate of drug-likeness (QED) is 0.189. The Morgan fingerprint density at radius 2 is 1.97 bits per heavy atom. The van der Waals surface area contributed by atoms with E-state index in [2.05, 4.69) is 20.9 Å². The average Bonchev–Trinajstić information content (AvgIpc) is 3.12. The maximum Gasteiger partial charge on any atom is 0.242 e. The highest BCUT2D eigenvalue weighted by atomic mass is 127. The molecule has 0 spiro atoms. The van der Waals surface area contributed by atoms with E-state index < -0.39 is 0 Å². The second kappa shape index (κ2) is 14.0. The molecule has 3 N–H and O–H groups in total. The predicted octanol–water partition coefficient (Wildman–Crippen LogP) is 1.50. The number of likely N-dealkylation sites (tertiary alicyclic amines) is 1. The average molecular weight is 517 g/mol. The lowest BCUT2D eigenvalue weighted by Crippen LogP contribution is -2.39. The number of carbonyl (C=O) groups excluding carboxylic acids is 2. The van der Waals surface area contributed by atoms with Gasteiger partial charge in [-0.25, -0.2) is 4.99 Å².